The number of fused-ring (bicyclic) bond motifs is 1. The predicted octanol–water partition coefficient (Wildman–Crippen LogP) is 2.47. The maximum absolute atomic E-state index is 13.4. The van der Waals surface area contributed by atoms with Gasteiger partial charge in [-0.1, -0.05) is 12.1 Å². The number of aromatic amines is 1. The number of urea groups is 1. The molecule has 2 aliphatic rings. The zero-order valence-electron chi connectivity index (χ0n) is 16.9. The molecule has 0 radical (unpaired) electrons. The molecule has 0 bridgehead atoms. The third-order valence-corrected chi connectivity index (χ3v) is 6.00. The quantitative estimate of drug-likeness (QED) is 0.680. The Morgan fingerprint density at radius 3 is 2.58 bits per heavy atom. The molecule has 1 saturated heterocycles. The van der Waals surface area contributed by atoms with E-state index in [2.05, 4.69) is 20.1 Å². The normalized spacial score (nSPS) is 18.2. The number of amides is 3. The number of carbonyl (C=O) groups excluding carboxylic acids is 2. The smallest absolute Gasteiger partial charge is 0.324 e. The van der Waals surface area contributed by atoms with E-state index < -0.39 is 5.91 Å². The maximum atomic E-state index is 13.4. The van der Waals surface area contributed by atoms with Crippen molar-refractivity contribution >= 4 is 29.0 Å². The minimum Gasteiger partial charge on any atom is -0.364 e. The van der Waals surface area contributed by atoms with Crippen molar-refractivity contribution in [2.45, 2.75) is 12.3 Å². The molecule has 3 amide bonds. The van der Waals surface area contributed by atoms with Gasteiger partial charge in [0, 0.05) is 38.3 Å². The molecule has 1 aromatic carbocycles. The van der Waals surface area contributed by atoms with Gasteiger partial charge in [0.2, 0.25) is 0 Å². The number of rotatable bonds is 3. The second-order valence-electron chi connectivity index (χ2n) is 7.80. The van der Waals surface area contributed by atoms with Crippen molar-refractivity contribution < 1.29 is 9.59 Å². The van der Waals surface area contributed by atoms with E-state index in [0.717, 1.165) is 35.6 Å². The number of para-hydroxylation sites is 2. The fourth-order valence-electron chi connectivity index (χ4n) is 4.38. The average molecular weight is 417 g/mol. The van der Waals surface area contributed by atoms with Crippen molar-refractivity contribution in [1.82, 2.24) is 20.1 Å². The lowest BCUT2D eigenvalue weighted by Crippen LogP contribution is -2.48. The lowest BCUT2D eigenvalue weighted by Gasteiger charge is -2.39. The standard InChI is InChI=1S/C22H23N7O2/c23-21(30)18-6-5-17(13-24-18)28-9-10-29(20-4-2-1-3-19(20)28)22(31)27-8-7-15(14-27)16-11-25-26-12-16/h1-6,11-13,15H,7-10,14H2,(H2,23,30)(H,25,26). The number of nitrogens with one attached hydrogen (secondary N) is 1. The summed E-state index contributed by atoms with van der Waals surface area (Å²) in [5, 5.41) is 6.89. The Balaban J connectivity index is 1.38. The van der Waals surface area contributed by atoms with E-state index in [9.17, 15) is 9.59 Å². The molecule has 1 fully saturated rings. The van der Waals surface area contributed by atoms with E-state index in [1.807, 2.05) is 52.5 Å². The first-order chi connectivity index (χ1) is 15.1. The summed E-state index contributed by atoms with van der Waals surface area (Å²) in [4.78, 5) is 34.8. The SMILES string of the molecule is NC(=O)c1ccc(N2CCN(C(=O)N3CCC(c4cn[nH]c4)C3)c3ccccc32)cn1. The first-order valence-electron chi connectivity index (χ1n) is 10.3. The molecule has 2 aliphatic heterocycles. The number of carbonyl (C=O) groups is 2. The second kappa shape index (κ2) is 7.75. The highest BCUT2D eigenvalue weighted by Crippen LogP contribution is 2.38. The molecule has 3 aromatic rings. The van der Waals surface area contributed by atoms with Crippen LogP contribution in [0.15, 0.2) is 55.0 Å². The molecule has 2 aromatic heterocycles. The fraction of sp³-hybridized carbons (Fsp3) is 0.273. The first kappa shape index (κ1) is 19.1. The summed E-state index contributed by atoms with van der Waals surface area (Å²) in [7, 11) is 0. The van der Waals surface area contributed by atoms with E-state index in [1.54, 1.807) is 12.3 Å². The first-order valence-corrected chi connectivity index (χ1v) is 10.3. The van der Waals surface area contributed by atoms with Crippen LogP contribution >= 0.6 is 0 Å². The maximum Gasteiger partial charge on any atom is 0.324 e. The van der Waals surface area contributed by atoms with Crippen LogP contribution in [0.4, 0.5) is 21.9 Å². The van der Waals surface area contributed by atoms with Crippen molar-refractivity contribution in [3.8, 4) is 0 Å². The molecule has 9 heteroatoms. The summed E-state index contributed by atoms with van der Waals surface area (Å²) in [5.74, 6) is -0.240. The molecular formula is C22H23N7O2. The van der Waals surface area contributed by atoms with Gasteiger partial charge in [-0.15, -0.1) is 0 Å². The number of aromatic nitrogens is 3. The van der Waals surface area contributed by atoms with Crippen LogP contribution in [0.1, 0.15) is 28.4 Å². The molecule has 158 valence electrons. The van der Waals surface area contributed by atoms with E-state index >= 15 is 0 Å². The predicted molar refractivity (Wildman–Crippen MR) is 116 cm³/mol. The van der Waals surface area contributed by atoms with Crippen LogP contribution < -0.4 is 15.5 Å². The number of nitrogens with two attached hydrogens (primary N) is 1. The summed E-state index contributed by atoms with van der Waals surface area (Å²) >= 11 is 0. The zero-order valence-corrected chi connectivity index (χ0v) is 16.9. The summed E-state index contributed by atoms with van der Waals surface area (Å²) in [6.07, 6.45) is 6.32. The van der Waals surface area contributed by atoms with Gasteiger partial charge in [-0.25, -0.2) is 9.78 Å². The van der Waals surface area contributed by atoms with Crippen molar-refractivity contribution in [3.63, 3.8) is 0 Å². The minimum absolute atomic E-state index is 0.0281. The summed E-state index contributed by atoms with van der Waals surface area (Å²) in [6, 6.07) is 11.3. The van der Waals surface area contributed by atoms with Crippen LogP contribution in [0, 0.1) is 0 Å². The van der Waals surface area contributed by atoms with Gasteiger partial charge in [0.25, 0.3) is 5.91 Å². The van der Waals surface area contributed by atoms with Crippen molar-refractivity contribution in [3.05, 3.63) is 66.2 Å². The molecule has 31 heavy (non-hydrogen) atoms. The lowest BCUT2D eigenvalue weighted by atomic mass is 10.0. The van der Waals surface area contributed by atoms with E-state index in [1.165, 1.54) is 0 Å². The summed E-state index contributed by atoms with van der Waals surface area (Å²) < 4.78 is 0. The van der Waals surface area contributed by atoms with Gasteiger partial charge in [0.05, 0.1) is 29.5 Å². The number of H-pyrrole nitrogens is 1. The number of pyridine rings is 1. The van der Waals surface area contributed by atoms with Crippen LogP contribution in [-0.2, 0) is 0 Å². The Labute approximate surface area is 179 Å². The van der Waals surface area contributed by atoms with Gasteiger partial charge in [-0.05, 0) is 36.2 Å². The molecular weight excluding hydrogens is 394 g/mol. The second-order valence-corrected chi connectivity index (χ2v) is 7.80. The van der Waals surface area contributed by atoms with Crippen LogP contribution in [-0.4, -0.2) is 58.2 Å². The number of benzene rings is 1. The fourth-order valence-corrected chi connectivity index (χ4v) is 4.38. The molecule has 4 heterocycles. The minimum atomic E-state index is -0.554. The molecule has 1 unspecified atom stereocenters. The molecule has 0 spiro atoms. The highest BCUT2D eigenvalue weighted by atomic mass is 16.2. The Kier molecular flexibility index (Phi) is 4.78. The number of likely N-dealkylation sites (tertiary alicyclic amines) is 1. The molecule has 9 nitrogen and oxygen atoms in total. The average Bonchev–Trinajstić information content (AvgIpc) is 3.50. The van der Waals surface area contributed by atoms with Gasteiger partial charge >= 0.3 is 6.03 Å². The molecule has 0 saturated carbocycles. The van der Waals surface area contributed by atoms with Gasteiger partial charge in [-0.3, -0.25) is 14.8 Å². The molecule has 0 aliphatic carbocycles. The lowest BCUT2D eigenvalue weighted by molar-refractivity contribution is 0.0995. The molecule has 1 atom stereocenters. The van der Waals surface area contributed by atoms with Crippen LogP contribution in [0.5, 0.6) is 0 Å². The Bertz CT molecular complexity index is 1100. The number of nitrogens with zero attached hydrogens (tertiary/aromatic N) is 5. The van der Waals surface area contributed by atoms with Crippen LogP contribution in [0.25, 0.3) is 0 Å². The Morgan fingerprint density at radius 2 is 1.87 bits per heavy atom. The van der Waals surface area contributed by atoms with Crippen molar-refractivity contribution in [2.24, 2.45) is 5.73 Å². The summed E-state index contributed by atoms with van der Waals surface area (Å²) in [6.45, 7) is 2.61. The zero-order chi connectivity index (χ0) is 21.4. The highest BCUT2D eigenvalue weighted by Gasteiger charge is 2.34. The monoisotopic (exact) mass is 417 g/mol. The third kappa shape index (κ3) is 3.48. The Morgan fingerprint density at radius 1 is 1.03 bits per heavy atom. The topological polar surface area (TPSA) is 111 Å². The van der Waals surface area contributed by atoms with Crippen LogP contribution in [0.2, 0.25) is 0 Å². The number of hydrogen-bond acceptors (Lipinski definition) is 5. The van der Waals surface area contributed by atoms with Gasteiger partial charge in [0.1, 0.15) is 5.69 Å². The van der Waals surface area contributed by atoms with Gasteiger partial charge in [0.15, 0.2) is 0 Å². The largest absolute Gasteiger partial charge is 0.364 e. The van der Waals surface area contributed by atoms with Gasteiger partial charge < -0.3 is 15.5 Å². The molecule has 5 rings (SSSR count). The van der Waals surface area contributed by atoms with Crippen molar-refractivity contribution in [2.75, 3.05) is 36.0 Å². The third-order valence-electron chi connectivity index (χ3n) is 6.00. The number of primary amides is 1. The van der Waals surface area contributed by atoms with E-state index in [0.29, 0.717) is 25.6 Å². The summed E-state index contributed by atoms with van der Waals surface area (Å²) in [5.41, 5.74) is 9.33. The van der Waals surface area contributed by atoms with E-state index in [4.69, 9.17) is 5.73 Å². The number of anilines is 3. The van der Waals surface area contributed by atoms with Gasteiger partial charge in [-0.2, -0.15) is 5.10 Å². The van der Waals surface area contributed by atoms with Crippen molar-refractivity contribution in [1.29, 1.82) is 0 Å². The molecule has 3 N–H and O–H groups in total. The highest BCUT2D eigenvalue weighted by molar-refractivity contribution is 5.98. The number of hydrogen-bond donors (Lipinski definition) is 2. The van der Waals surface area contributed by atoms with Crippen LogP contribution in [0.3, 0.4) is 0 Å². The van der Waals surface area contributed by atoms with E-state index in [-0.39, 0.29) is 11.7 Å². The Hall–Kier alpha value is -3.88.